The minimum Gasteiger partial charge on any atom is -0.302 e. The monoisotopic (exact) mass is 184 g/mol. The topological polar surface area (TPSA) is 76.2 Å². The van der Waals surface area contributed by atoms with Crippen molar-refractivity contribution in [1.82, 2.24) is 10.3 Å². The first-order valence-electron chi connectivity index (χ1n) is 3.10. The number of nitrogens with zero attached hydrogens (tertiary/aromatic N) is 2. The molecule has 0 aliphatic carbocycles. The van der Waals surface area contributed by atoms with Crippen LogP contribution in [-0.4, -0.2) is 19.1 Å². The van der Waals surface area contributed by atoms with E-state index in [0.717, 1.165) is 0 Å². The molecule has 5 nitrogen and oxygen atoms in total. The second-order valence-corrected chi connectivity index (χ2v) is 3.13. The second-order valence-electron chi connectivity index (χ2n) is 2.16. The summed E-state index contributed by atoms with van der Waals surface area (Å²) in [5.74, 6) is 0. The normalized spacial score (nSPS) is 13.4. The molecule has 0 radical (unpaired) electrons. The van der Waals surface area contributed by atoms with Crippen LogP contribution in [0.1, 0.15) is 0 Å². The van der Waals surface area contributed by atoms with Gasteiger partial charge in [-0.2, -0.15) is 0 Å². The maximum Gasteiger partial charge on any atom is 0.186 e. The summed E-state index contributed by atoms with van der Waals surface area (Å²) < 4.78 is 23.7. The van der Waals surface area contributed by atoms with Crippen LogP contribution < -0.4 is 0 Å². The predicted molar refractivity (Wildman–Crippen MR) is 40.8 cm³/mol. The molecular formula is C6H4N2O3S. The minimum absolute atomic E-state index is 0.290. The standard InChI is InChI=1S/C6H4N2O3S/c9-12(10)4-1-2-5-6(3-4)8-11-7-5/h1-3H,(H,9,10). The molecule has 0 saturated heterocycles. The molecule has 0 aliphatic rings. The molecule has 12 heavy (non-hydrogen) atoms. The Balaban J connectivity index is 2.68. The van der Waals surface area contributed by atoms with Crippen molar-refractivity contribution in [1.29, 1.82) is 0 Å². The number of benzene rings is 1. The lowest BCUT2D eigenvalue weighted by Gasteiger charge is -1.90. The van der Waals surface area contributed by atoms with E-state index >= 15 is 0 Å². The molecule has 0 bridgehead atoms. The van der Waals surface area contributed by atoms with Crippen molar-refractivity contribution in [2.24, 2.45) is 0 Å². The van der Waals surface area contributed by atoms with E-state index in [-0.39, 0.29) is 0 Å². The van der Waals surface area contributed by atoms with E-state index in [9.17, 15) is 4.21 Å². The summed E-state index contributed by atoms with van der Waals surface area (Å²) >= 11 is -1.98. The van der Waals surface area contributed by atoms with Crippen LogP contribution in [0.15, 0.2) is 27.7 Å². The Kier molecular flexibility index (Phi) is 1.63. The van der Waals surface area contributed by atoms with E-state index in [1.54, 1.807) is 6.07 Å². The van der Waals surface area contributed by atoms with Crippen LogP contribution in [0.2, 0.25) is 0 Å². The van der Waals surface area contributed by atoms with E-state index in [2.05, 4.69) is 14.9 Å². The molecule has 6 heteroatoms. The van der Waals surface area contributed by atoms with Crippen molar-refractivity contribution >= 4 is 22.1 Å². The Morgan fingerprint density at radius 2 is 2.08 bits per heavy atom. The molecule has 2 aromatic rings. The summed E-state index contributed by atoms with van der Waals surface area (Å²) in [4.78, 5) is 0.290. The van der Waals surface area contributed by atoms with Gasteiger partial charge in [0.05, 0.1) is 4.90 Å². The van der Waals surface area contributed by atoms with Gasteiger partial charge < -0.3 is 4.55 Å². The molecule has 1 unspecified atom stereocenters. The first-order chi connectivity index (χ1) is 5.77. The molecular weight excluding hydrogens is 180 g/mol. The molecule has 0 spiro atoms. The highest BCUT2D eigenvalue weighted by atomic mass is 32.2. The van der Waals surface area contributed by atoms with E-state index in [4.69, 9.17) is 4.55 Å². The van der Waals surface area contributed by atoms with Gasteiger partial charge >= 0.3 is 0 Å². The molecule has 0 saturated carbocycles. The van der Waals surface area contributed by atoms with Crippen molar-refractivity contribution < 1.29 is 13.4 Å². The number of rotatable bonds is 1. The SMILES string of the molecule is O=S(O)c1ccc2nonc2c1. The highest BCUT2D eigenvalue weighted by molar-refractivity contribution is 7.79. The lowest BCUT2D eigenvalue weighted by Crippen LogP contribution is -1.86. The summed E-state index contributed by atoms with van der Waals surface area (Å²) in [5, 5.41) is 7.08. The van der Waals surface area contributed by atoms with Gasteiger partial charge in [-0.15, -0.1) is 0 Å². The third-order valence-corrected chi connectivity index (χ3v) is 2.08. The van der Waals surface area contributed by atoms with E-state index < -0.39 is 11.1 Å². The average molecular weight is 184 g/mol. The van der Waals surface area contributed by atoms with E-state index in [1.807, 2.05) is 0 Å². The zero-order valence-electron chi connectivity index (χ0n) is 5.80. The molecule has 1 aromatic carbocycles. The zero-order chi connectivity index (χ0) is 8.55. The summed E-state index contributed by atoms with van der Waals surface area (Å²) in [6, 6.07) is 4.54. The Morgan fingerprint density at radius 3 is 2.83 bits per heavy atom. The van der Waals surface area contributed by atoms with Gasteiger partial charge in [-0.1, -0.05) is 0 Å². The summed E-state index contributed by atoms with van der Waals surface area (Å²) in [5.41, 5.74) is 1.05. The fraction of sp³-hybridized carbons (Fsp3) is 0. The van der Waals surface area contributed by atoms with Crippen LogP contribution in [0, 0.1) is 0 Å². The molecule has 2 rings (SSSR count). The van der Waals surface area contributed by atoms with E-state index in [0.29, 0.717) is 15.9 Å². The molecule has 62 valence electrons. The minimum atomic E-state index is -1.98. The number of hydrogen-bond donors (Lipinski definition) is 1. The predicted octanol–water partition coefficient (Wildman–Crippen LogP) is 0.803. The van der Waals surface area contributed by atoms with Crippen LogP contribution in [0.25, 0.3) is 11.0 Å². The van der Waals surface area contributed by atoms with Crippen LogP contribution in [0.5, 0.6) is 0 Å². The van der Waals surface area contributed by atoms with Crippen molar-refractivity contribution in [2.45, 2.75) is 4.90 Å². The van der Waals surface area contributed by atoms with Gasteiger partial charge in [-0.05, 0) is 28.5 Å². The smallest absolute Gasteiger partial charge is 0.186 e. The van der Waals surface area contributed by atoms with Crippen LogP contribution in [0.4, 0.5) is 0 Å². The Morgan fingerprint density at radius 1 is 1.33 bits per heavy atom. The van der Waals surface area contributed by atoms with Crippen molar-refractivity contribution in [3.63, 3.8) is 0 Å². The Hall–Kier alpha value is -1.27. The van der Waals surface area contributed by atoms with Gasteiger partial charge in [0.1, 0.15) is 11.0 Å². The number of aromatic nitrogens is 2. The quantitative estimate of drug-likeness (QED) is 0.663. The Bertz CT molecular complexity index is 439. The lowest BCUT2D eigenvalue weighted by molar-refractivity contribution is 0.315. The maximum atomic E-state index is 10.6. The maximum absolute atomic E-state index is 10.6. The first-order valence-corrected chi connectivity index (χ1v) is 4.21. The van der Waals surface area contributed by atoms with E-state index in [1.165, 1.54) is 12.1 Å². The van der Waals surface area contributed by atoms with Gasteiger partial charge in [-0.25, -0.2) is 8.84 Å². The summed E-state index contributed by atoms with van der Waals surface area (Å²) in [7, 11) is 0. The van der Waals surface area contributed by atoms with Crippen LogP contribution in [0.3, 0.4) is 0 Å². The largest absolute Gasteiger partial charge is 0.302 e. The van der Waals surface area contributed by atoms with Crippen molar-refractivity contribution in [3.8, 4) is 0 Å². The number of hydrogen-bond acceptors (Lipinski definition) is 4. The van der Waals surface area contributed by atoms with Crippen molar-refractivity contribution in [3.05, 3.63) is 18.2 Å². The zero-order valence-corrected chi connectivity index (χ0v) is 6.61. The molecule has 0 amide bonds. The molecule has 1 atom stereocenters. The van der Waals surface area contributed by atoms with Gasteiger partial charge in [0.25, 0.3) is 0 Å². The molecule has 0 aliphatic heterocycles. The van der Waals surface area contributed by atoms with Gasteiger partial charge in [0.2, 0.25) is 0 Å². The molecule has 1 heterocycles. The van der Waals surface area contributed by atoms with Gasteiger partial charge in [0, 0.05) is 0 Å². The number of fused-ring (bicyclic) bond motifs is 1. The van der Waals surface area contributed by atoms with Gasteiger partial charge in [-0.3, -0.25) is 0 Å². The third-order valence-electron chi connectivity index (χ3n) is 1.43. The third kappa shape index (κ3) is 1.10. The lowest BCUT2D eigenvalue weighted by atomic mass is 10.3. The summed E-state index contributed by atoms with van der Waals surface area (Å²) in [6.45, 7) is 0. The van der Waals surface area contributed by atoms with Crippen LogP contribution >= 0.6 is 0 Å². The first kappa shape index (κ1) is 7.38. The second kappa shape index (κ2) is 2.65. The van der Waals surface area contributed by atoms with Crippen LogP contribution in [-0.2, 0) is 11.1 Å². The fourth-order valence-corrected chi connectivity index (χ4v) is 1.27. The highest BCUT2D eigenvalue weighted by Gasteiger charge is 2.04. The highest BCUT2D eigenvalue weighted by Crippen LogP contribution is 2.13. The van der Waals surface area contributed by atoms with Crippen molar-refractivity contribution in [2.75, 3.05) is 0 Å². The Labute approximate surface area is 69.6 Å². The average Bonchev–Trinajstić information content (AvgIpc) is 2.49. The molecule has 0 fully saturated rings. The fourth-order valence-electron chi connectivity index (χ4n) is 0.871. The summed E-state index contributed by atoms with van der Waals surface area (Å²) in [6.07, 6.45) is 0. The molecule has 1 aromatic heterocycles. The molecule has 1 N–H and O–H groups in total. The van der Waals surface area contributed by atoms with Gasteiger partial charge in [0.15, 0.2) is 11.1 Å².